The molecule has 2 heteroatoms. The van der Waals surface area contributed by atoms with Gasteiger partial charge < -0.3 is 0 Å². The van der Waals surface area contributed by atoms with Crippen molar-refractivity contribution in [3.05, 3.63) is 94.6 Å². The molecule has 0 saturated carbocycles. The second-order valence-corrected chi connectivity index (χ2v) is 7.67. The molecule has 2 aliphatic rings. The van der Waals surface area contributed by atoms with Gasteiger partial charge in [0.05, 0.1) is 5.92 Å². The predicted octanol–water partition coefficient (Wildman–Crippen LogP) is 6.01. The van der Waals surface area contributed by atoms with Crippen LogP contribution in [-0.2, 0) is 4.79 Å². The van der Waals surface area contributed by atoms with Crippen molar-refractivity contribution in [2.24, 2.45) is 5.92 Å². The van der Waals surface area contributed by atoms with E-state index in [1.165, 1.54) is 16.7 Å². The van der Waals surface area contributed by atoms with Crippen molar-refractivity contribution in [3.63, 3.8) is 0 Å². The molecule has 140 valence electrons. The molecule has 0 fully saturated rings. The number of hydrogen-bond acceptors (Lipinski definition) is 2. The number of ketones is 2. The Morgan fingerprint density at radius 1 is 1.00 bits per heavy atom. The molecule has 28 heavy (non-hydrogen) atoms. The number of carbonyl (C=O) groups is 2. The summed E-state index contributed by atoms with van der Waals surface area (Å²) in [5.41, 5.74) is 6.57. The summed E-state index contributed by atoms with van der Waals surface area (Å²) in [4.78, 5) is 24.6. The summed E-state index contributed by atoms with van der Waals surface area (Å²) in [7, 11) is 0. The largest absolute Gasteiger partial charge is 0.299 e. The minimum atomic E-state index is -0.210. The molecule has 2 unspecified atom stereocenters. The number of Topliss-reactive ketones (excluding diaryl/α,β-unsaturated/α-hetero) is 2. The summed E-state index contributed by atoms with van der Waals surface area (Å²) in [5.74, 6) is 0.377. The molecule has 4 rings (SSSR count). The van der Waals surface area contributed by atoms with E-state index < -0.39 is 0 Å². The Labute approximate surface area is 166 Å². The number of benzene rings is 2. The van der Waals surface area contributed by atoms with E-state index in [2.05, 4.69) is 43.3 Å². The fraction of sp³-hybridized carbons (Fsp3) is 0.231. The third-order valence-corrected chi connectivity index (χ3v) is 5.90. The van der Waals surface area contributed by atoms with E-state index in [9.17, 15) is 9.59 Å². The molecule has 2 nitrogen and oxygen atoms in total. The first-order valence-electron chi connectivity index (χ1n) is 9.86. The molecule has 0 radical (unpaired) electrons. The van der Waals surface area contributed by atoms with E-state index in [-0.39, 0.29) is 17.5 Å². The van der Waals surface area contributed by atoms with E-state index in [0.29, 0.717) is 17.9 Å². The maximum absolute atomic E-state index is 12.8. The SMILES string of the molecule is CC(=O)C1C=Cc2ccc(C(=O)CCC3=CC=C(c4ccccc4)C3C)cc21. The Morgan fingerprint density at radius 2 is 1.79 bits per heavy atom. The molecule has 0 aromatic heterocycles. The van der Waals surface area contributed by atoms with Gasteiger partial charge in [0.25, 0.3) is 0 Å². The van der Waals surface area contributed by atoms with E-state index >= 15 is 0 Å². The summed E-state index contributed by atoms with van der Waals surface area (Å²) < 4.78 is 0. The average Bonchev–Trinajstić information content (AvgIpc) is 3.29. The minimum Gasteiger partial charge on any atom is -0.299 e. The third kappa shape index (κ3) is 3.43. The van der Waals surface area contributed by atoms with Gasteiger partial charge in [-0.15, -0.1) is 0 Å². The standard InChI is InChI=1S/C26H24O2/c1-17-19(10-13-23(17)20-6-4-3-5-7-20)12-15-26(28)22-9-8-21-11-14-24(18(2)27)25(21)16-22/h3-11,13-14,16-17,24H,12,15H2,1-2H3. The van der Waals surface area contributed by atoms with Gasteiger partial charge in [0.15, 0.2) is 5.78 Å². The highest BCUT2D eigenvalue weighted by molar-refractivity contribution is 5.98. The highest BCUT2D eigenvalue weighted by Gasteiger charge is 2.23. The molecule has 0 heterocycles. The van der Waals surface area contributed by atoms with Crippen LogP contribution in [-0.4, -0.2) is 11.6 Å². The molecule has 2 aliphatic carbocycles. The van der Waals surface area contributed by atoms with Crippen LogP contribution in [0, 0.1) is 5.92 Å². The number of carbonyl (C=O) groups excluding carboxylic acids is 2. The van der Waals surface area contributed by atoms with Gasteiger partial charge in [0.1, 0.15) is 5.78 Å². The fourth-order valence-electron chi connectivity index (χ4n) is 4.19. The zero-order valence-electron chi connectivity index (χ0n) is 16.3. The second-order valence-electron chi connectivity index (χ2n) is 7.67. The van der Waals surface area contributed by atoms with Gasteiger partial charge in [0.2, 0.25) is 0 Å². The molecule has 0 bridgehead atoms. The monoisotopic (exact) mass is 368 g/mol. The van der Waals surface area contributed by atoms with Crippen molar-refractivity contribution in [1.29, 1.82) is 0 Å². The average molecular weight is 368 g/mol. The van der Waals surface area contributed by atoms with Crippen LogP contribution >= 0.6 is 0 Å². The molecule has 2 atom stereocenters. The third-order valence-electron chi connectivity index (χ3n) is 5.90. The van der Waals surface area contributed by atoms with Gasteiger partial charge in [-0.1, -0.05) is 79.3 Å². The van der Waals surface area contributed by atoms with Gasteiger partial charge in [-0.2, -0.15) is 0 Å². The molecule has 0 amide bonds. The van der Waals surface area contributed by atoms with Crippen LogP contribution < -0.4 is 0 Å². The Kier molecular flexibility index (Phi) is 4.95. The summed E-state index contributed by atoms with van der Waals surface area (Å²) in [6.45, 7) is 3.81. The highest BCUT2D eigenvalue weighted by atomic mass is 16.1. The lowest BCUT2D eigenvalue weighted by Gasteiger charge is -2.15. The van der Waals surface area contributed by atoms with Gasteiger partial charge >= 0.3 is 0 Å². The van der Waals surface area contributed by atoms with Crippen LogP contribution in [0.1, 0.15) is 59.7 Å². The molecule has 0 saturated heterocycles. The lowest BCUT2D eigenvalue weighted by atomic mass is 9.89. The number of hydrogen-bond donors (Lipinski definition) is 0. The van der Waals surface area contributed by atoms with E-state index in [0.717, 1.165) is 17.5 Å². The topological polar surface area (TPSA) is 34.1 Å². The first-order valence-corrected chi connectivity index (χ1v) is 9.86. The summed E-state index contributed by atoms with van der Waals surface area (Å²) in [6, 6.07) is 16.2. The molecule has 0 aliphatic heterocycles. The van der Waals surface area contributed by atoms with Crippen molar-refractivity contribution in [2.45, 2.75) is 32.6 Å². The normalized spacial score (nSPS) is 19.9. The van der Waals surface area contributed by atoms with E-state index in [1.807, 2.05) is 36.4 Å². The maximum Gasteiger partial charge on any atom is 0.163 e. The number of rotatable bonds is 6. The van der Waals surface area contributed by atoms with Gasteiger partial charge in [-0.05, 0) is 41.7 Å². The maximum atomic E-state index is 12.8. The zero-order chi connectivity index (χ0) is 19.7. The van der Waals surface area contributed by atoms with Crippen LogP contribution in [0.15, 0.2) is 72.3 Å². The van der Waals surface area contributed by atoms with Crippen LogP contribution in [0.5, 0.6) is 0 Å². The van der Waals surface area contributed by atoms with E-state index in [1.54, 1.807) is 6.92 Å². The fourth-order valence-corrected chi connectivity index (χ4v) is 4.19. The molecular formula is C26H24O2. The Hall–Kier alpha value is -3.00. The second kappa shape index (κ2) is 7.55. The smallest absolute Gasteiger partial charge is 0.163 e. The summed E-state index contributed by atoms with van der Waals surface area (Å²) >= 11 is 0. The van der Waals surface area contributed by atoms with Crippen LogP contribution in [0.4, 0.5) is 0 Å². The molecule has 0 N–H and O–H groups in total. The molecule has 2 aromatic rings. The summed E-state index contributed by atoms with van der Waals surface area (Å²) in [6.07, 6.45) is 9.48. The first-order chi connectivity index (χ1) is 13.5. The summed E-state index contributed by atoms with van der Waals surface area (Å²) in [5, 5.41) is 0. The number of allylic oxidation sites excluding steroid dienone is 5. The van der Waals surface area contributed by atoms with Crippen molar-refractivity contribution in [1.82, 2.24) is 0 Å². The molecule has 2 aromatic carbocycles. The Morgan fingerprint density at radius 3 is 2.54 bits per heavy atom. The highest BCUT2D eigenvalue weighted by Crippen LogP contribution is 2.36. The van der Waals surface area contributed by atoms with Crippen molar-refractivity contribution in [2.75, 3.05) is 0 Å². The number of fused-ring (bicyclic) bond motifs is 1. The van der Waals surface area contributed by atoms with Gasteiger partial charge in [-0.25, -0.2) is 0 Å². The van der Waals surface area contributed by atoms with Crippen LogP contribution in [0.3, 0.4) is 0 Å². The molecular weight excluding hydrogens is 344 g/mol. The lowest BCUT2D eigenvalue weighted by Crippen LogP contribution is -2.07. The van der Waals surface area contributed by atoms with Crippen LogP contribution in [0.25, 0.3) is 11.6 Å². The lowest BCUT2D eigenvalue weighted by molar-refractivity contribution is -0.117. The zero-order valence-corrected chi connectivity index (χ0v) is 16.3. The van der Waals surface area contributed by atoms with Gasteiger partial charge in [0, 0.05) is 17.9 Å². The van der Waals surface area contributed by atoms with E-state index in [4.69, 9.17) is 0 Å². The quantitative estimate of drug-likeness (QED) is 0.585. The Bertz CT molecular complexity index is 1020. The Balaban J connectivity index is 1.41. The first kappa shape index (κ1) is 18.4. The predicted molar refractivity (Wildman–Crippen MR) is 114 cm³/mol. The minimum absolute atomic E-state index is 0.115. The molecule has 0 spiro atoms. The van der Waals surface area contributed by atoms with Crippen LogP contribution in [0.2, 0.25) is 0 Å². The van der Waals surface area contributed by atoms with Crippen molar-refractivity contribution >= 4 is 23.2 Å². The van der Waals surface area contributed by atoms with Crippen molar-refractivity contribution in [3.8, 4) is 0 Å². The van der Waals surface area contributed by atoms with Gasteiger partial charge in [-0.3, -0.25) is 9.59 Å². The van der Waals surface area contributed by atoms with Crippen molar-refractivity contribution < 1.29 is 9.59 Å².